The molecule has 17 heavy (non-hydrogen) atoms. The second kappa shape index (κ2) is 4.58. The molecule has 0 aliphatic heterocycles. The number of pyridine rings is 1. The average Bonchev–Trinajstić information content (AvgIpc) is 2.33. The molecule has 3 nitrogen and oxygen atoms in total. The number of hydrogen-bond acceptors (Lipinski definition) is 3. The quantitative estimate of drug-likeness (QED) is 0.660. The zero-order chi connectivity index (χ0) is 12.6. The number of aromatic nitrogens is 1. The predicted molar refractivity (Wildman–Crippen MR) is 71.3 cm³/mol. The van der Waals surface area contributed by atoms with E-state index in [0.717, 1.165) is 27.8 Å². The molecule has 5 heteroatoms. The van der Waals surface area contributed by atoms with E-state index < -0.39 is 0 Å². The van der Waals surface area contributed by atoms with Gasteiger partial charge in [-0.15, -0.1) is 0 Å². The van der Waals surface area contributed by atoms with Crippen LogP contribution >= 0.6 is 15.9 Å². The fourth-order valence-corrected chi connectivity index (χ4v) is 2.48. The third kappa shape index (κ3) is 1.89. The van der Waals surface area contributed by atoms with Crippen molar-refractivity contribution in [1.29, 1.82) is 0 Å². The lowest BCUT2D eigenvalue weighted by molar-refractivity contribution is 0.636. The number of halogens is 2. The molecule has 0 saturated carbocycles. The van der Waals surface area contributed by atoms with Crippen LogP contribution in [-0.4, -0.2) is 4.98 Å². The molecule has 1 heterocycles. The lowest BCUT2D eigenvalue weighted by atomic mass is 10.1. The summed E-state index contributed by atoms with van der Waals surface area (Å²) < 4.78 is 14.6. The van der Waals surface area contributed by atoms with Crippen molar-refractivity contribution in [3.05, 3.63) is 33.7 Å². The van der Waals surface area contributed by atoms with Crippen LogP contribution in [0.2, 0.25) is 0 Å². The van der Waals surface area contributed by atoms with Crippen molar-refractivity contribution >= 4 is 32.5 Å². The smallest absolute Gasteiger partial charge is 0.149 e. The molecule has 0 saturated heterocycles. The summed E-state index contributed by atoms with van der Waals surface area (Å²) in [7, 11) is 0. The summed E-state index contributed by atoms with van der Waals surface area (Å²) in [4.78, 5) is 4.36. The zero-order valence-electron chi connectivity index (χ0n) is 9.64. The fraction of sp³-hybridized carbons (Fsp3) is 0.250. The molecular weight excluding hydrogens is 285 g/mol. The third-order valence-electron chi connectivity index (χ3n) is 2.86. The molecule has 2 aromatic rings. The Labute approximate surface area is 107 Å². The summed E-state index contributed by atoms with van der Waals surface area (Å²) in [6.07, 6.45) is 0.738. The Morgan fingerprint density at radius 3 is 2.76 bits per heavy atom. The van der Waals surface area contributed by atoms with Crippen molar-refractivity contribution < 1.29 is 4.39 Å². The van der Waals surface area contributed by atoms with E-state index in [0.29, 0.717) is 10.9 Å². The number of nitrogens with two attached hydrogens (primary N) is 1. The first-order valence-electron chi connectivity index (χ1n) is 5.34. The van der Waals surface area contributed by atoms with Crippen molar-refractivity contribution in [2.75, 3.05) is 5.43 Å². The number of benzene rings is 1. The molecule has 0 aliphatic carbocycles. The Hall–Kier alpha value is -1.20. The second-order valence-corrected chi connectivity index (χ2v) is 4.66. The summed E-state index contributed by atoms with van der Waals surface area (Å²) in [5, 5.41) is 0.683. The lowest BCUT2D eigenvalue weighted by Gasteiger charge is -2.14. The Morgan fingerprint density at radius 1 is 1.47 bits per heavy atom. The van der Waals surface area contributed by atoms with Gasteiger partial charge >= 0.3 is 0 Å². The van der Waals surface area contributed by atoms with Gasteiger partial charge in [-0.3, -0.25) is 5.84 Å². The molecular formula is C12H13BrFN3. The van der Waals surface area contributed by atoms with Gasteiger partial charge in [0.05, 0.1) is 5.69 Å². The molecule has 0 spiro atoms. The van der Waals surface area contributed by atoms with Crippen LogP contribution in [0.15, 0.2) is 16.6 Å². The van der Waals surface area contributed by atoms with Crippen LogP contribution in [0.5, 0.6) is 0 Å². The van der Waals surface area contributed by atoms with Crippen LogP contribution < -0.4 is 11.3 Å². The van der Waals surface area contributed by atoms with Gasteiger partial charge in [0.15, 0.2) is 0 Å². The number of nitrogens with zero attached hydrogens (tertiary/aromatic N) is 1. The molecule has 0 amide bonds. The van der Waals surface area contributed by atoms with E-state index >= 15 is 0 Å². The van der Waals surface area contributed by atoms with Gasteiger partial charge in [-0.25, -0.2) is 9.37 Å². The van der Waals surface area contributed by atoms with Gasteiger partial charge in [0.25, 0.3) is 0 Å². The van der Waals surface area contributed by atoms with Crippen LogP contribution in [0.25, 0.3) is 10.9 Å². The topological polar surface area (TPSA) is 50.9 Å². The number of hydrazine groups is 1. The molecule has 2 rings (SSSR count). The number of anilines is 1. The Balaban J connectivity index is 2.97. The first-order valence-corrected chi connectivity index (χ1v) is 6.13. The first kappa shape index (κ1) is 12.3. The van der Waals surface area contributed by atoms with E-state index in [2.05, 4.69) is 26.3 Å². The number of nitrogen functional groups attached to an aromatic ring is 1. The van der Waals surface area contributed by atoms with Crippen molar-refractivity contribution in [2.24, 2.45) is 5.84 Å². The van der Waals surface area contributed by atoms with E-state index in [1.165, 1.54) is 6.07 Å². The van der Waals surface area contributed by atoms with Gasteiger partial charge in [0.1, 0.15) is 11.3 Å². The van der Waals surface area contributed by atoms with Gasteiger partial charge in [-0.2, -0.15) is 0 Å². The van der Waals surface area contributed by atoms with Gasteiger partial charge in [-0.05, 0) is 31.0 Å². The number of hydrogen-bond donors (Lipinski definition) is 2. The Morgan fingerprint density at radius 2 is 2.18 bits per heavy atom. The summed E-state index contributed by atoms with van der Waals surface area (Å²) in [6, 6.07) is 3.06. The lowest BCUT2D eigenvalue weighted by Crippen LogP contribution is -2.11. The summed E-state index contributed by atoms with van der Waals surface area (Å²) >= 11 is 3.40. The van der Waals surface area contributed by atoms with Crippen molar-refractivity contribution in [3.8, 4) is 0 Å². The summed E-state index contributed by atoms with van der Waals surface area (Å²) in [5.41, 5.74) is 5.51. The number of rotatable bonds is 2. The number of nitrogens with one attached hydrogen (secondary N) is 1. The molecule has 0 aliphatic rings. The van der Waals surface area contributed by atoms with E-state index in [1.54, 1.807) is 6.07 Å². The maximum Gasteiger partial charge on any atom is 0.149 e. The maximum absolute atomic E-state index is 13.8. The molecule has 0 unspecified atom stereocenters. The van der Waals surface area contributed by atoms with Gasteiger partial charge < -0.3 is 5.43 Å². The van der Waals surface area contributed by atoms with Gasteiger partial charge in [-0.1, -0.05) is 22.9 Å². The number of fused-ring (bicyclic) bond motifs is 1. The summed E-state index contributed by atoms with van der Waals surface area (Å²) in [5.74, 6) is 5.20. The minimum absolute atomic E-state index is 0.339. The van der Waals surface area contributed by atoms with E-state index in [1.807, 2.05) is 13.8 Å². The standard InChI is InChI=1S/C12H13BrFN3/c1-3-9-6(2)11(17-15)10-7(13)4-5-8(14)12(10)16-9/h4-5H,3,15H2,1-2H3,(H,16,17). The largest absolute Gasteiger partial charge is 0.323 e. The third-order valence-corrected chi connectivity index (χ3v) is 3.52. The molecule has 0 bridgehead atoms. The minimum Gasteiger partial charge on any atom is -0.323 e. The highest BCUT2D eigenvalue weighted by atomic mass is 79.9. The van der Waals surface area contributed by atoms with Crippen LogP contribution in [0.1, 0.15) is 18.2 Å². The zero-order valence-corrected chi connectivity index (χ0v) is 11.2. The Kier molecular flexibility index (Phi) is 3.31. The second-order valence-electron chi connectivity index (χ2n) is 3.81. The summed E-state index contributed by atoms with van der Waals surface area (Å²) in [6.45, 7) is 3.91. The van der Waals surface area contributed by atoms with Gasteiger partial charge in [0.2, 0.25) is 0 Å². The SMILES string of the molecule is CCc1nc2c(F)ccc(Br)c2c(NN)c1C. The predicted octanol–water partition coefficient (Wildman–Crippen LogP) is 3.29. The van der Waals surface area contributed by atoms with E-state index in [-0.39, 0.29) is 5.82 Å². The highest BCUT2D eigenvalue weighted by molar-refractivity contribution is 9.10. The van der Waals surface area contributed by atoms with Crippen LogP contribution in [0.4, 0.5) is 10.1 Å². The van der Waals surface area contributed by atoms with Crippen LogP contribution in [0, 0.1) is 12.7 Å². The highest BCUT2D eigenvalue weighted by Crippen LogP contribution is 2.34. The van der Waals surface area contributed by atoms with E-state index in [4.69, 9.17) is 5.84 Å². The normalized spacial score (nSPS) is 10.9. The van der Waals surface area contributed by atoms with Crippen molar-refractivity contribution in [3.63, 3.8) is 0 Å². The molecule has 1 aromatic carbocycles. The molecule has 90 valence electrons. The van der Waals surface area contributed by atoms with Crippen molar-refractivity contribution in [1.82, 2.24) is 4.98 Å². The monoisotopic (exact) mass is 297 g/mol. The Bertz CT molecular complexity index is 584. The number of aryl methyl sites for hydroxylation is 1. The highest BCUT2D eigenvalue weighted by Gasteiger charge is 2.15. The molecule has 0 atom stereocenters. The minimum atomic E-state index is -0.339. The molecule has 0 radical (unpaired) electrons. The first-order chi connectivity index (χ1) is 8.10. The van der Waals surface area contributed by atoms with Crippen LogP contribution in [0.3, 0.4) is 0 Å². The maximum atomic E-state index is 13.8. The van der Waals surface area contributed by atoms with Crippen LogP contribution in [-0.2, 0) is 6.42 Å². The molecule has 3 N–H and O–H groups in total. The van der Waals surface area contributed by atoms with E-state index in [9.17, 15) is 4.39 Å². The molecule has 0 fully saturated rings. The molecule has 1 aromatic heterocycles. The average molecular weight is 298 g/mol. The van der Waals surface area contributed by atoms with Gasteiger partial charge in [0, 0.05) is 15.6 Å². The fourth-order valence-electron chi connectivity index (χ4n) is 1.96. The van der Waals surface area contributed by atoms with Crippen molar-refractivity contribution in [2.45, 2.75) is 20.3 Å².